The fourth-order valence-corrected chi connectivity index (χ4v) is 1.93. The standard InChI is InChI=1S/C16H17F2NO2/c1-3-21-14-8-7-11(9-15(14)20-2)10-19-13-6-4-5-12(17)16(13)18/h4-9,19H,3,10H2,1-2H3. The van der Waals surface area contributed by atoms with Crippen molar-refractivity contribution in [3.05, 3.63) is 53.6 Å². The van der Waals surface area contributed by atoms with Gasteiger partial charge in [0.1, 0.15) is 0 Å². The number of ether oxygens (including phenoxy) is 2. The molecule has 0 radical (unpaired) electrons. The summed E-state index contributed by atoms with van der Waals surface area (Å²) in [5.74, 6) is -0.490. The molecule has 0 aromatic heterocycles. The molecule has 0 bridgehead atoms. The highest BCUT2D eigenvalue weighted by Gasteiger charge is 2.08. The van der Waals surface area contributed by atoms with Crippen molar-refractivity contribution in [2.24, 2.45) is 0 Å². The zero-order chi connectivity index (χ0) is 15.2. The summed E-state index contributed by atoms with van der Waals surface area (Å²) in [7, 11) is 1.56. The zero-order valence-corrected chi connectivity index (χ0v) is 12.0. The van der Waals surface area contributed by atoms with Gasteiger partial charge in [0.05, 0.1) is 19.4 Å². The number of methoxy groups -OCH3 is 1. The van der Waals surface area contributed by atoms with Gasteiger partial charge in [-0.1, -0.05) is 12.1 Å². The summed E-state index contributed by atoms with van der Waals surface area (Å²) >= 11 is 0. The Balaban J connectivity index is 2.11. The second-order valence-electron chi connectivity index (χ2n) is 4.37. The van der Waals surface area contributed by atoms with E-state index in [0.29, 0.717) is 24.7 Å². The Hall–Kier alpha value is -2.30. The van der Waals surface area contributed by atoms with Crippen LogP contribution in [0.1, 0.15) is 12.5 Å². The van der Waals surface area contributed by atoms with Gasteiger partial charge in [-0.15, -0.1) is 0 Å². The summed E-state index contributed by atoms with van der Waals surface area (Å²) < 4.78 is 37.3. The van der Waals surface area contributed by atoms with Crippen LogP contribution in [0.5, 0.6) is 11.5 Å². The first-order chi connectivity index (χ1) is 10.2. The Bertz CT molecular complexity index is 617. The summed E-state index contributed by atoms with van der Waals surface area (Å²) in [4.78, 5) is 0. The molecule has 2 rings (SSSR count). The summed E-state index contributed by atoms with van der Waals surface area (Å²) in [6, 6.07) is 9.47. The lowest BCUT2D eigenvalue weighted by atomic mass is 10.2. The molecule has 0 fully saturated rings. The molecule has 0 saturated carbocycles. The third kappa shape index (κ3) is 3.62. The van der Waals surface area contributed by atoms with Crippen LogP contribution in [0.4, 0.5) is 14.5 Å². The molecule has 0 atom stereocenters. The topological polar surface area (TPSA) is 30.5 Å². The molecule has 3 nitrogen and oxygen atoms in total. The predicted molar refractivity (Wildman–Crippen MR) is 77.8 cm³/mol. The minimum atomic E-state index is -0.879. The average Bonchev–Trinajstić information content (AvgIpc) is 2.50. The molecule has 2 aromatic rings. The van der Waals surface area contributed by atoms with E-state index in [2.05, 4.69) is 5.32 Å². The maximum Gasteiger partial charge on any atom is 0.181 e. The maximum atomic E-state index is 13.5. The number of rotatable bonds is 6. The molecule has 0 heterocycles. The van der Waals surface area contributed by atoms with Crippen molar-refractivity contribution in [1.82, 2.24) is 0 Å². The first-order valence-electron chi connectivity index (χ1n) is 6.63. The smallest absolute Gasteiger partial charge is 0.181 e. The predicted octanol–water partition coefficient (Wildman–Crippen LogP) is 3.98. The molecule has 112 valence electrons. The van der Waals surface area contributed by atoms with Crippen molar-refractivity contribution in [3.8, 4) is 11.5 Å². The van der Waals surface area contributed by atoms with Crippen molar-refractivity contribution < 1.29 is 18.3 Å². The second kappa shape index (κ2) is 6.92. The van der Waals surface area contributed by atoms with Crippen LogP contribution in [-0.4, -0.2) is 13.7 Å². The van der Waals surface area contributed by atoms with Gasteiger partial charge >= 0.3 is 0 Å². The van der Waals surface area contributed by atoms with Gasteiger partial charge in [-0.05, 0) is 36.8 Å². The van der Waals surface area contributed by atoms with Crippen LogP contribution in [0.25, 0.3) is 0 Å². The molecule has 2 aromatic carbocycles. The molecule has 0 unspecified atom stereocenters. The molecule has 0 saturated heterocycles. The lowest BCUT2D eigenvalue weighted by molar-refractivity contribution is 0.310. The van der Waals surface area contributed by atoms with Crippen molar-refractivity contribution in [2.45, 2.75) is 13.5 Å². The molecule has 0 spiro atoms. The molecule has 21 heavy (non-hydrogen) atoms. The first kappa shape index (κ1) is 15.1. The Labute approximate surface area is 122 Å². The van der Waals surface area contributed by atoms with Crippen molar-refractivity contribution in [3.63, 3.8) is 0 Å². The van der Waals surface area contributed by atoms with Gasteiger partial charge in [0.25, 0.3) is 0 Å². The molecule has 1 N–H and O–H groups in total. The van der Waals surface area contributed by atoms with E-state index in [1.807, 2.05) is 13.0 Å². The molecular weight excluding hydrogens is 276 g/mol. The SMILES string of the molecule is CCOc1ccc(CNc2cccc(F)c2F)cc1OC. The van der Waals surface area contributed by atoms with Crippen LogP contribution in [0.2, 0.25) is 0 Å². The highest BCUT2D eigenvalue weighted by Crippen LogP contribution is 2.28. The monoisotopic (exact) mass is 293 g/mol. The van der Waals surface area contributed by atoms with E-state index in [9.17, 15) is 8.78 Å². The lowest BCUT2D eigenvalue weighted by Gasteiger charge is -2.12. The molecule has 0 amide bonds. The normalized spacial score (nSPS) is 10.3. The zero-order valence-electron chi connectivity index (χ0n) is 12.0. The van der Waals surface area contributed by atoms with Crippen LogP contribution in [0.3, 0.4) is 0 Å². The summed E-state index contributed by atoms with van der Waals surface area (Å²) in [6.45, 7) is 2.78. The molecule has 0 aliphatic carbocycles. The second-order valence-corrected chi connectivity index (χ2v) is 4.37. The van der Waals surface area contributed by atoms with Gasteiger partial charge < -0.3 is 14.8 Å². The quantitative estimate of drug-likeness (QED) is 0.873. The lowest BCUT2D eigenvalue weighted by Crippen LogP contribution is -2.03. The number of anilines is 1. The van der Waals surface area contributed by atoms with Crippen molar-refractivity contribution >= 4 is 5.69 Å². The van der Waals surface area contributed by atoms with Gasteiger partial charge in [0, 0.05) is 6.54 Å². The van der Waals surface area contributed by atoms with E-state index < -0.39 is 11.6 Å². The highest BCUT2D eigenvalue weighted by molar-refractivity contribution is 5.47. The van der Waals surface area contributed by atoms with E-state index in [1.165, 1.54) is 12.1 Å². The van der Waals surface area contributed by atoms with Gasteiger partial charge in [0.2, 0.25) is 0 Å². The summed E-state index contributed by atoms with van der Waals surface area (Å²) in [6.07, 6.45) is 0. The Morgan fingerprint density at radius 1 is 1.10 bits per heavy atom. The van der Waals surface area contributed by atoms with Gasteiger partial charge in [-0.25, -0.2) is 8.78 Å². The Morgan fingerprint density at radius 3 is 2.62 bits per heavy atom. The third-order valence-corrected chi connectivity index (χ3v) is 2.96. The number of halogens is 2. The number of hydrogen-bond acceptors (Lipinski definition) is 3. The summed E-state index contributed by atoms with van der Waals surface area (Å²) in [5.41, 5.74) is 1.00. The van der Waals surface area contributed by atoms with E-state index >= 15 is 0 Å². The largest absolute Gasteiger partial charge is 0.493 e. The molecule has 0 aliphatic heterocycles. The van der Waals surface area contributed by atoms with Crippen LogP contribution >= 0.6 is 0 Å². The molecule has 0 aliphatic rings. The van der Waals surface area contributed by atoms with E-state index in [0.717, 1.165) is 11.6 Å². The van der Waals surface area contributed by atoms with Crippen LogP contribution in [0, 0.1) is 11.6 Å². The van der Waals surface area contributed by atoms with Crippen LogP contribution in [-0.2, 0) is 6.54 Å². The molecular formula is C16H17F2NO2. The average molecular weight is 293 g/mol. The van der Waals surface area contributed by atoms with Crippen LogP contribution < -0.4 is 14.8 Å². The summed E-state index contributed by atoms with van der Waals surface area (Å²) in [5, 5.41) is 2.86. The highest BCUT2D eigenvalue weighted by atomic mass is 19.2. The van der Waals surface area contributed by atoms with E-state index in [4.69, 9.17) is 9.47 Å². The van der Waals surface area contributed by atoms with E-state index in [-0.39, 0.29) is 5.69 Å². The first-order valence-corrected chi connectivity index (χ1v) is 6.63. The van der Waals surface area contributed by atoms with Crippen molar-refractivity contribution in [2.75, 3.05) is 19.0 Å². The maximum absolute atomic E-state index is 13.5. The van der Waals surface area contributed by atoms with Gasteiger partial charge in [-0.2, -0.15) is 0 Å². The molecule has 5 heteroatoms. The Kier molecular flexibility index (Phi) is 4.98. The minimum Gasteiger partial charge on any atom is -0.493 e. The van der Waals surface area contributed by atoms with E-state index in [1.54, 1.807) is 19.2 Å². The van der Waals surface area contributed by atoms with Gasteiger partial charge in [0.15, 0.2) is 23.1 Å². The van der Waals surface area contributed by atoms with Gasteiger partial charge in [-0.3, -0.25) is 0 Å². The fourth-order valence-electron chi connectivity index (χ4n) is 1.93. The number of hydrogen-bond donors (Lipinski definition) is 1. The number of nitrogens with one attached hydrogen (secondary N) is 1. The van der Waals surface area contributed by atoms with Crippen LogP contribution in [0.15, 0.2) is 36.4 Å². The number of benzene rings is 2. The third-order valence-electron chi connectivity index (χ3n) is 2.96. The van der Waals surface area contributed by atoms with Crippen molar-refractivity contribution in [1.29, 1.82) is 0 Å². The Morgan fingerprint density at radius 2 is 1.90 bits per heavy atom. The minimum absolute atomic E-state index is 0.128. The fraction of sp³-hybridized carbons (Fsp3) is 0.250.